The molecule has 0 aromatic heterocycles. The van der Waals surface area contributed by atoms with E-state index in [-0.39, 0.29) is 18.0 Å². The van der Waals surface area contributed by atoms with Gasteiger partial charge in [-0.1, -0.05) is 26.2 Å². The zero-order valence-electron chi connectivity index (χ0n) is 11.3. The van der Waals surface area contributed by atoms with Crippen molar-refractivity contribution in [3.63, 3.8) is 0 Å². The fraction of sp³-hybridized carbons (Fsp3) is 0.929. The highest BCUT2D eigenvalue weighted by atomic mass is 16.5. The van der Waals surface area contributed by atoms with E-state index in [0.717, 1.165) is 32.4 Å². The van der Waals surface area contributed by atoms with Gasteiger partial charge in [0.2, 0.25) is 0 Å². The highest BCUT2D eigenvalue weighted by Crippen LogP contribution is 2.16. The van der Waals surface area contributed by atoms with E-state index in [2.05, 4.69) is 12.2 Å². The van der Waals surface area contributed by atoms with Crippen molar-refractivity contribution in [1.82, 2.24) is 5.32 Å². The fourth-order valence-corrected chi connectivity index (χ4v) is 2.27. The summed E-state index contributed by atoms with van der Waals surface area (Å²) in [6, 6.07) is 0. The molecule has 0 amide bonds. The molecule has 3 nitrogen and oxygen atoms in total. The molecule has 17 heavy (non-hydrogen) atoms. The maximum Gasteiger partial charge on any atom is 0.309 e. The van der Waals surface area contributed by atoms with Crippen LogP contribution in [0.3, 0.4) is 0 Å². The van der Waals surface area contributed by atoms with Crippen LogP contribution in [0.4, 0.5) is 0 Å². The smallest absolute Gasteiger partial charge is 0.309 e. The Kier molecular flexibility index (Phi) is 7.25. The predicted octanol–water partition coefficient (Wildman–Crippen LogP) is 2.89. The lowest BCUT2D eigenvalue weighted by molar-refractivity contribution is -0.154. The summed E-state index contributed by atoms with van der Waals surface area (Å²) in [4.78, 5) is 11.8. The minimum atomic E-state index is 0.0227. The third-order valence-corrected chi connectivity index (χ3v) is 3.45. The van der Waals surface area contributed by atoms with Gasteiger partial charge in [-0.3, -0.25) is 4.79 Å². The molecule has 100 valence electrons. The monoisotopic (exact) mass is 241 g/mol. The highest BCUT2D eigenvalue weighted by Gasteiger charge is 2.23. The first-order valence-corrected chi connectivity index (χ1v) is 7.15. The van der Waals surface area contributed by atoms with Gasteiger partial charge in [0, 0.05) is 0 Å². The van der Waals surface area contributed by atoms with Gasteiger partial charge >= 0.3 is 5.97 Å². The standard InChI is InChI=1S/C14H27NO2/c1-3-4-5-6-7-12(2)17-14(16)13-8-10-15-11-9-13/h12-13,15H,3-11H2,1-2H3. The molecule has 0 aromatic carbocycles. The van der Waals surface area contributed by atoms with Crippen molar-refractivity contribution in [3.8, 4) is 0 Å². The lowest BCUT2D eigenvalue weighted by atomic mass is 9.98. The third-order valence-electron chi connectivity index (χ3n) is 3.45. The van der Waals surface area contributed by atoms with Gasteiger partial charge in [-0.15, -0.1) is 0 Å². The summed E-state index contributed by atoms with van der Waals surface area (Å²) in [6.07, 6.45) is 7.94. The van der Waals surface area contributed by atoms with E-state index in [0.29, 0.717) is 0 Å². The SMILES string of the molecule is CCCCCCC(C)OC(=O)C1CCNCC1. The van der Waals surface area contributed by atoms with Crippen LogP contribution in [0.15, 0.2) is 0 Å². The van der Waals surface area contributed by atoms with Gasteiger partial charge in [-0.2, -0.15) is 0 Å². The highest BCUT2D eigenvalue weighted by molar-refractivity contribution is 5.72. The van der Waals surface area contributed by atoms with Crippen LogP contribution in [-0.2, 0) is 9.53 Å². The van der Waals surface area contributed by atoms with Crippen molar-refractivity contribution in [3.05, 3.63) is 0 Å². The molecule has 1 saturated heterocycles. The van der Waals surface area contributed by atoms with E-state index in [9.17, 15) is 4.79 Å². The molecular formula is C14H27NO2. The Morgan fingerprint density at radius 3 is 2.65 bits per heavy atom. The summed E-state index contributed by atoms with van der Waals surface area (Å²) in [6.45, 7) is 6.13. The molecule has 1 aliphatic heterocycles. The van der Waals surface area contributed by atoms with Crippen LogP contribution in [0.2, 0.25) is 0 Å². The summed E-state index contributed by atoms with van der Waals surface area (Å²) in [7, 11) is 0. The summed E-state index contributed by atoms with van der Waals surface area (Å²) >= 11 is 0. The van der Waals surface area contributed by atoms with Gasteiger partial charge in [-0.25, -0.2) is 0 Å². The van der Waals surface area contributed by atoms with E-state index in [1.54, 1.807) is 0 Å². The Morgan fingerprint density at radius 2 is 2.00 bits per heavy atom. The molecule has 1 fully saturated rings. The van der Waals surface area contributed by atoms with E-state index in [4.69, 9.17) is 4.74 Å². The number of carbonyl (C=O) groups excluding carboxylic acids is 1. The van der Waals surface area contributed by atoms with Crippen LogP contribution in [-0.4, -0.2) is 25.2 Å². The van der Waals surface area contributed by atoms with Crippen LogP contribution in [0.1, 0.15) is 58.8 Å². The van der Waals surface area contributed by atoms with Gasteiger partial charge < -0.3 is 10.1 Å². The number of nitrogens with one attached hydrogen (secondary N) is 1. The first-order chi connectivity index (χ1) is 8.24. The molecule has 0 spiro atoms. The van der Waals surface area contributed by atoms with Crippen molar-refractivity contribution in [2.75, 3.05) is 13.1 Å². The molecule has 1 N–H and O–H groups in total. The second kappa shape index (κ2) is 8.51. The van der Waals surface area contributed by atoms with E-state index < -0.39 is 0 Å². The van der Waals surface area contributed by atoms with Crippen molar-refractivity contribution in [2.24, 2.45) is 5.92 Å². The topological polar surface area (TPSA) is 38.3 Å². The number of unbranched alkanes of at least 4 members (excludes halogenated alkanes) is 3. The number of hydrogen-bond donors (Lipinski definition) is 1. The summed E-state index contributed by atoms with van der Waals surface area (Å²) in [5, 5.41) is 3.26. The van der Waals surface area contributed by atoms with Gasteiger partial charge in [0.05, 0.1) is 12.0 Å². The van der Waals surface area contributed by atoms with Crippen molar-refractivity contribution >= 4 is 5.97 Å². The zero-order valence-corrected chi connectivity index (χ0v) is 11.3. The molecule has 0 saturated carbocycles. The first-order valence-electron chi connectivity index (χ1n) is 7.15. The average Bonchev–Trinajstić information content (AvgIpc) is 2.36. The van der Waals surface area contributed by atoms with Crippen LogP contribution in [0.5, 0.6) is 0 Å². The Hall–Kier alpha value is -0.570. The molecule has 1 heterocycles. The molecule has 3 heteroatoms. The normalized spacial score (nSPS) is 18.9. The van der Waals surface area contributed by atoms with Crippen LogP contribution in [0, 0.1) is 5.92 Å². The van der Waals surface area contributed by atoms with Gasteiger partial charge in [0.1, 0.15) is 0 Å². The van der Waals surface area contributed by atoms with E-state index >= 15 is 0 Å². The quantitative estimate of drug-likeness (QED) is 0.550. The third kappa shape index (κ3) is 6.06. The largest absolute Gasteiger partial charge is 0.462 e. The molecule has 1 atom stereocenters. The van der Waals surface area contributed by atoms with Crippen LogP contribution < -0.4 is 5.32 Å². The van der Waals surface area contributed by atoms with Crippen molar-refractivity contribution < 1.29 is 9.53 Å². The van der Waals surface area contributed by atoms with E-state index in [1.807, 2.05) is 6.92 Å². The van der Waals surface area contributed by atoms with Crippen LogP contribution in [0.25, 0.3) is 0 Å². The summed E-state index contributed by atoms with van der Waals surface area (Å²) in [5.74, 6) is 0.156. The van der Waals surface area contributed by atoms with Crippen LogP contribution >= 0.6 is 0 Å². The summed E-state index contributed by atoms with van der Waals surface area (Å²) in [5.41, 5.74) is 0. The van der Waals surface area contributed by atoms with E-state index in [1.165, 1.54) is 25.7 Å². The lowest BCUT2D eigenvalue weighted by Gasteiger charge is -2.23. The number of hydrogen-bond acceptors (Lipinski definition) is 3. The Balaban J connectivity index is 2.11. The minimum absolute atomic E-state index is 0.0227. The second-order valence-corrected chi connectivity index (χ2v) is 5.12. The van der Waals surface area contributed by atoms with Gasteiger partial charge in [0.25, 0.3) is 0 Å². The number of ether oxygens (including phenoxy) is 1. The zero-order chi connectivity index (χ0) is 12.5. The minimum Gasteiger partial charge on any atom is -0.462 e. The number of piperidine rings is 1. The Labute approximate surface area is 105 Å². The van der Waals surface area contributed by atoms with Crippen molar-refractivity contribution in [1.29, 1.82) is 0 Å². The van der Waals surface area contributed by atoms with Crippen molar-refractivity contribution in [2.45, 2.75) is 64.9 Å². The Bertz CT molecular complexity index is 212. The summed E-state index contributed by atoms with van der Waals surface area (Å²) < 4.78 is 5.50. The molecule has 1 rings (SSSR count). The number of carbonyl (C=O) groups is 1. The predicted molar refractivity (Wildman–Crippen MR) is 69.9 cm³/mol. The molecule has 1 aliphatic rings. The molecular weight excluding hydrogens is 214 g/mol. The average molecular weight is 241 g/mol. The fourth-order valence-electron chi connectivity index (χ4n) is 2.27. The van der Waals surface area contributed by atoms with Gasteiger partial charge in [0.15, 0.2) is 0 Å². The Morgan fingerprint density at radius 1 is 1.29 bits per heavy atom. The second-order valence-electron chi connectivity index (χ2n) is 5.12. The maximum atomic E-state index is 11.8. The number of rotatable bonds is 7. The molecule has 1 unspecified atom stereocenters. The first kappa shape index (κ1) is 14.5. The molecule has 0 bridgehead atoms. The number of esters is 1. The lowest BCUT2D eigenvalue weighted by Crippen LogP contribution is -2.33. The maximum absolute atomic E-state index is 11.8. The molecule has 0 radical (unpaired) electrons. The van der Waals surface area contributed by atoms with Gasteiger partial charge in [-0.05, 0) is 45.7 Å². The molecule has 0 aromatic rings. The molecule has 0 aliphatic carbocycles.